The molecular formula is C19H28O2. The van der Waals surface area contributed by atoms with E-state index in [0.717, 1.165) is 24.3 Å². The highest BCUT2D eigenvalue weighted by molar-refractivity contribution is 5.97. The van der Waals surface area contributed by atoms with E-state index >= 15 is 0 Å². The van der Waals surface area contributed by atoms with Crippen molar-refractivity contribution in [2.75, 3.05) is 6.61 Å². The Balaban J connectivity index is 1.84. The molecule has 0 radical (unpaired) electrons. The van der Waals surface area contributed by atoms with Gasteiger partial charge in [0.15, 0.2) is 5.78 Å². The lowest BCUT2D eigenvalue weighted by molar-refractivity contribution is 0.00708. The van der Waals surface area contributed by atoms with Gasteiger partial charge in [0, 0.05) is 5.56 Å². The Morgan fingerprint density at radius 1 is 1.14 bits per heavy atom. The highest BCUT2D eigenvalue weighted by Crippen LogP contribution is 2.30. The van der Waals surface area contributed by atoms with E-state index in [1.165, 1.54) is 12.0 Å². The fourth-order valence-electron chi connectivity index (χ4n) is 2.98. The fraction of sp³-hybridized carbons (Fsp3) is 0.632. The number of rotatable bonds is 5. The Hall–Kier alpha value is -1.15. The third-order valence-electron chi connectivity index (χ3n) is 4.90. The van der Waals surface area contributed by atoms with E-state index in [2.05, 4.69) is 27.7 Å². The minimum atomic E-state index is 0.0941. The Kier molecular flexibility index (Phi) is 5.58. The van der Waals surface area contributed by atoms with Crippen LogP contribution in [0, 0.1) is 11.8 Å². The van der Waals surface area contributed by atoms with Crippen LogP contribution in [0.1, 0.15) is 68.8 Å². The van der Waals surface area contributed by atoms with Crippen LogP contribution in [0.5, 0.6) is 0 Å². The van der Waals surface area contributed by atoms with E-state index in [9.17, 15) is 4.79 Å². The van der Waals surface area contributed by atoms with E-state index in [0.29, 0.717) is 11.8 Å². The SMILES string of the molecule is CC(C)c1ccc(C(=O)COC2CCC(C)C(C)C2)cc1. The van der Waals surface area contributed by atoms with E-state index in [1.807, 2.05) is 24.3 Å². The monoisotopic (exact) mass is 288 g/mol. The van der Waals surface area contributed by atoms with Gasteiger partial charge in [0.1, 0.15) is 6.61 Å². The van der Waals surface area contributed by atoms with Gasteiger partial charge in [-0.2, -0.15) is 0 Å². The molecule has 0 N–H and O–H groups in total. The minimum Gasteiger partial charge on any atom is -0.370 e. The molecular weight excluding hydrogens is 260 g/mol. The van der Waals surface area contributed by atoms with Crippen molar-refractivity contribution in [3.63, 3.8) is 0 Å². The predicted octanol–water partition coefficient (Wildman–Crippen LogP) is 4.83. The van der Waals surface area contributed by atoms with E-state index in [1.54, 1.807) is 0 Å². The lowest BCUT2D eigenvalue weighted by Gasteiger charge is -2.31. The van der Waals surface area contributed by atoms with Gasteiger partial charge in [0.05, 0.1) is 6.10 Å². The van der Waals surface area contributed by atoms with Gasteiger partial charge in [-0.15, -0.1) is 0 Å². The molecule has 116 valence electrons. The third-order valence-corrected chi connectivity index (χ3v) is 4.90. The van der Waals surface area contributed by atoms with Crippen LogP contribution in [0.4, 0.5) is 0 Å². The number of carbonyl (C=O) groups excluding carboxylic acids is 1. The van der Waals surface area contributed by atoms with Crippen molar-refractivity contribution in [3.05, 3.63) is 35.4 Å². The molecule has 0 amide bonds. The molecule has 21 heavy (non-hydrogen) atoms. The van der Waals surface area contributed by atoms with Crippen molar-refractivity contribution in [2.24, 2.45) is 11.8 Å². The molecule has 0 aliphatic heterocycles. The second-order valence-corrected chi connectivity index (χ2v) is 6.90. The number of Topliss-reactive ketones (excluding diaryl/α,β-unsaturated/α-hetero) is 1. The summed E-state index contributed by atoms with van der Waals surface area (Å²) in [4.78, 5) is 12.2. The molecule has 1 saturated carbocycles. The van der Waals surface area contributed by atoms with Crippen LogP contribution in [0.2, 0.25) is 0 Å². The first-order valence-electron chi connectivity index (χ1n) is 8.22. The summed E-state index contributed by atoms with van der Waals surface area (Å²) in [6.45, 7) is 9.12. The second-order valence-electron chi connectivity index (χ2n) is 6.90. The van der Waals surface area contributed by atoms with Crippen LogP contribution < -0.4 is 0 Å². The van der Waals surface area contributed by atoms with Gasteiger partial charge in [-0.05, 0) is 42.6 Å². The average Bonchev–Trinajstić information content (AvgIpc) is 2.48. The Labute approximate surface area is 128 Å². The summed E-state index contributed by atoms with van der Waals surface area (Å²) in [5.41, 5.74) is 2.03. The number of ether oxygens (including phenoxy) is 1. The molecule has 1 aromatic rings. The lowest BCUT2D eigenvalue weighted by atomic mass is 9.80. The van der Waals surface area contributed by atoms with Crippen LogP contribution in [0.25, 0.3) is 0 Å². The molecule has 2 nitrogen and oxygen atoms in total. The first-order chi connectivity index (χ1) is 9.97. The third kappa shape index (κ3) is 4.41. The lowest BCUT2D eigenvalue weighted by Crippen LogP contribution is -2.28. The molecule has 1 aliphatic carbocycles. The maximum atomic E-state index is 12.2. The molecule has 1 fully saturated rings. The van der Waals surface area contributed by atoms with Crippen LogP contribution in [-0.2, 0) is 4.74 Å². The Bertz CT molecular complexity index is 461. The van der Waals surface area contributed by atoms with E-state index < -0.39 is 0 Å². The van der Waals surface area contributed by atoms with E-state index in [4.69, 9.17) is 4.74 Å². The average molecular weight is 288 g/mol. The normalized spacial score (nSPS) is 26.0. The molecule has 0 bridgehead atoms. The summed E-state index contributed by atoms with van der Waals surface area (Å²) in [5, 5.41) is 0. The van der Waals surface area contributed by atoms with Crippen LogP contribution in [-0.4, -0.2) is 18.5 Å². The van der Waals surface area contributed by atoms with E-state index in [-0.39, 0.29) is 18.5 Å². The van der Waals surface area contributed by atoms with Gasteiger partial charge >= 0.3 is 0 Å². The Morgan fingerprint density at radius 3 is 2.38 bits per heavy atom. The molecule has 0 heterocycles. The number of ketones is 1. The van der Waals surface area contributed by atoms with Crippen LogP contribution in [0.15, 0.2) is 24.3 Å². The molecule has 1 aliphatic rings. The van der Waals surface area contributed by atoms with Crippen molar-refractivity contribution < 1.29 is 9.53 Å². The van der Waals surface area contributed by atoms with Gasteiger partial charge < -0.3 is 4.74 Å². The molecule has 0 spiro atoms. The molecule has 0 aromatic heterocycles. The zero-order valence-electron chi connectivity index (χ0n) is 13.8. The van der Waals surface area contributed by atoms with Gasteiger partial charge in [-0.3, -0.25) is 4.79 Å². The van der Waals surface area contributed by atoms with Gasteiger partial charge in [0.2, 0.25) is 0 Å². The fourth-order valence-corrected chi connectivity index (χ4v) is 2.98. The zero-order chi connectivity index (χ0) is 15.4. The van der Waals surface area contributed by atoms with Crippen LogP contribution in [0.3, 0.4) is 0 Å². The van der Waals surface area contributed by atoms with Gasteiger partial charge in [-0.1, -0.05) is 52.0 Å². The Morgan fingerprint density at radius 2 is 1.81 bits per heavy atom. The first-order valence-corrected chi connectivity index (χ1v) is 8.22. The highest BCUT2D eigenvalue weighted by atomic mass is 16.5. The molecule has 2 rings (SSSR count). The molecule has 1 aromatic carbocycles. The molecule has 3 unspecified atom stereocenters. The first kappa shape index (κ1) is 16.2. The van der Waals surface area contributed by atoms with Crippen molar-refractivity contribution in [3.8, 4) is 0 Å². The number of hydrogen-bond acceptors (Lipinski definition) is 2. The minimum absolute atomic E-state index is 0.0941. The smallest absolute Gasteiger partial charge is 0.188 e. The standard InChI is InChI=1S/C19H28O2/c1-13(2)16-6-8-17(9-7-16)19(20)12-21-18-10-5-14(3)15(4)11-18/h6-9,13-15,18H,5,10-12H2,1-4H3. The van der Waals surface area contributed by atoms with Crippen molar-refractivity contribution in [2.45, 2.75) is 59.0 Å². The van der Waals surface area contributed by atoms with Gasteiger partial charge in [-0.25, -0.2) is 0 Å². The maximum absolute atomic E-state index is 12.2. The van der Waals surface area contributed by atoms with Crippen molar-refractivity contribution >= 4 is 5.78 Å². The summed E-state index contributed by atoms with van der Waals surface area (Å²) < 4.78 is 5.85. The number of hydrogen-bond donors (Lipinski definition) is 0. The summed E-state index contributed by atoms with van der Waals surface area (Å²) in [6.07, 6.45) is 3.64. The highest BCUT2D eigenvalue weighted by Gasteiger charge is 2.25. The summed E-state index contributed by atoms with van der Waals surface area (Å²) in [7, 11) is 0. The summed E-state index contributed by atoms with van der Waals surface area (Å²) >= 11 is 0. The van der Waals surface area contributed by atoms with Crippen molar-refractivity contribution in [1.82, 2.24) is 0 Å². The zero-order valence-corrected chi connectivity index (χ0v) is 13.8. The van der Waals surface area contributed by atoms with Crippen LogP contribution >= 0.6 is 0 Å². The van der Waals surface area contributed by atoms with Gasteiger partial charge in [0.25, 0.3) is 0 Å². The number of benzene rings is 1. The molecule has 0 saturated heterocycles. The maximum Gasteiger partial charge on any atom is 0.188 e. The largest absolute Gasteiger partial charge is 0.370 e. The summed E-state index contributed by atoms with van der Waals surface area (Å²) in [5.74, 6) is 2.07. The molecule has 2 heteroatoms. The van der Waals surface area contributed by atoms with Crippen molar-refractivity contribution in [1.29, 1.82) is 0 Å². The summed E-state index contributed by atoms with van der Waals surface area (Å²) in [6, 6.07) is 7.93. The molecule has 3 atom stereocenters. The topological polar surface area (TPSA) is 26.3 Å². The number of carbonyl (C=O) groups is 1. The predicted molar refractivity (Wildman–Crippen MR) is 86.8 cm³/mol. The second kappa shape index (κ2) is 7.22. The quantitative estimate of drug-likeness (QED) is 0.725.